The molecule has 19 heavy (non-hydrogen) atoms. The van der Waals surface area contributed by atoms with E-state index in [-0.39, 0.29) is 34.7 Å². The van der Waals surface area contributed by atoms with Crippen LogP contribution in [-0.2, 0) is 4.79 Å². The molecule has 0 spiro atoms. The van der Waals surface area contributed by atoms with Crippen molar-refractivity contribution in [3.8, 4) is 5.75 Å². The molecular weight excluding hydrogens is 274 g/mol. The maximum Gasteiger partial charge on any atom is 0.304 e. The Labute approximate surface area is 111 Å². The van der Waals surface area contributed by atoms with Crippen molar-refractivity contribution in [1.82, 2.24) is 0 Å². The van der Waals surface area contributed by atoms with Gasteiger partial charge in [-0.3, -0.25) is 19.7 Å². The van der Waals surface area contributed by atoms with Crippen LogP contribution in [0.3, 0.4) is 0 Å². The van der Waals surface area contributed by atoms with Crippen molar-refractivity contribution in [2.75, 3.05) is 0 Å². The number of aromatic hydroxyl groups is 1. The summed E-state index contributed by atoms with van der Waals surface area (Å²) in [5.74, 6) is -1.86. The maximum atomic E-state index is 11.9. The monoisotopic (exact) mass is 283 g/mol. The van der Waals surface area contributed by atoms with Crippen molar-refractivity contribution >= 4 is 29.2 Å². The topological polar surface area (TPSA) is 118 Å². The van der Waals surface area contributed by atoms with Crippen LogP contribution in [0.1, 0.15) is 23.2 Å². The third-order valence-electron chi connectivity index (χ3n) is 2.69. The van der Waals surface area contributed by atoms with E-state index in [9.17, 15) is 24.8 Å². The van der Waals surface area contributed by atoms with Crippen LogP contribution in [0.4, 0.5) is 5.69 Å². The molecule has 1 aliphatic heterocycles. The number of carbonyl (C=O) groups excluding carboxylic acids is 1. The Morgan fingerprint density at radius 2 is 2.21 bits per heavy atom. The number of hydrogen-bond donors (Lipinski definition) is 2. The third kappa shape index (κ3) is 2.53. The number of nitro benzene ring substituents is 1. The van der Waals surface area contributed by atoms with Crippen molar-refractivity contribution in [3.63, 3.8) is 0 Å². The molecule has 1 aromatic carbocycles. The summed E-state index contributed by atoms with van der Waals surface area (Å²) >= 11 is 0.955. The number of benzene rings is 1. The molecule has 1 atom stereocenters. The first kappa shape index (κ1) is 13.3. The van der Waals surface area contributed by atoms with Crippen molar-refractivity contribution < 1.29 is 24.7 Å². The van der Waals surface area contributed by atoms with E-state index in [0.717, 1.165) is 23.9 Å². The SMILES string of the molecule is O=C(O)CC1CC(=O)c2c(O)ccc([N+](=O)[O-])c2S1. The fraction of sp³-hybridized carbons (Fsp3) is 0.273. The highest BCUT2D eigenvalue weighted by Gasteiger charge is 2.34. The second-order valence-electron chi connectivity index (χ2n) is 4.03. The summed E-state index contributed by atoms with van der Waals surface area (Å²) in [7, 11) is 0. The molecule has 0 amide bonds. The largest absolute Gasteiger partial charge is 0.507 e. The number of hydrogen-bond acceptors (Lipinski definition) is 6. The van der Waals surface area contributed by atoms with E-state index < -0.39 is 21.9 Å². The van der Waals surface area contributed by atoms with Crippen molar-refractivity contribution in [3.05, 3.63) is 27.8 Å². The molecule has 1 aliphatic rings. The summed E-state index contributed by atoms with van der Waals surface area (Å²) in [4.78, 5) is 32.8. The number of carboxylic acid groups (broad SMARTS) is 1. The van der Waals surface area contributed by atoms with Crippen LogP contribution in [-0.4, -0.2) is 32.1 Å². The highest BCUT2D eigenvalue weighted by atomic mass is 32.2. The zero-order valence-electron chi connectivity index (χ0n) is 9.53. The lowest BCUT2D eigenvalue weighted by Crippen LogP contribution is -2.21. The minimum absolute atomic E-state index is 0.0486. The van der Waals surface area contributed by atoms with Crippen LogP contribution in [0.25, 0.3) is 0 Å². The van der Waals surface area contributed by atoms with E-state index in [1.165, 1.54) is 0 Å². The van der Waals surface area contributed by atoms with Crippen LogP contribution in [0, 0.1) is 10.1 Å². The Bertz CT molecular complexity index is 585. The van der Waals surface area contributed by atoms with Gasteiger partial charge in [-0.05, 0) is 6.07 Å². The molecule has 0 saturated heterocycles. The number of aliphatic carboxylic acids is 1. The Hall–Kier alpha value is -2.09. The summed E-state index contributed by atoms with van der Waals surface area (Å²) < 4.78 is 0. The number of fused-ring (bicyclic) bond motifs is 1. The van der Waals surface area contributed by atoms with Gasteiger partial charge >= 0.3 is 5.97 Å². The third-order valence-corrected chi connectivity index (χ3v) is 4.01. The molecule has 2 rings (SSSR count). The number of phenols is 1. The van der Waals surface area contributed by atoms with E-state index >= 15 is 0 Å². The van der Waals surface area contributed by atoms with E-state index in [4.69, 9.17) is 5.11 Å². The average Bonchev–Trinajstić information content (AvgIpc) is 2.26. The summed E-state index contributed by atoms with van der Waals surface area (Å²) in [6, 6.07) is 2.21. The van der Waals surface area contributed by atoms with Gasteiger partial charge in [0.25, 0.3) is 5.69 Å². The van der Waals surface area contributed by atoms with Crippen LogP contribution >= 0.6 is 11.8 Å². The van der Waals surface area contributed by atoms with Gasteiger partial charge in [-0.1, -0.05) is 0 Å². The Kier molecular flexibility index (Phi) is 3.43. The summed E-state index contributed by atoms with van der Waals surface area (Å²) in [6.07, 6.45) is -0.318. The molecule has 1 heterocycles. The molecule has 7 nitrogen and oxygen atoms in total. The fourth-order valence-corrected chi connectivity index (χ4v) is 3.31. The van der Waals surface area contributed by atoms with Crippen LogP contribution in [0.5, 0.6) is 5.75 Å². The molecule has 0 radical (unpaired) electrons. The van der Waals surface area contributed by atoms with Crippen LogP contribution < -0.4 is 0 Å². The second kappa shape index (κ2) is 4.88. The molecule has 100 valence electrons. The number of nitrogens with zero attached hydrogens (tertiary/aromatic N) is 1. The molecule has 0 aliphatic carbocycles. The van der Waals surface area contributed by atoms with E-state index in [2.05, 4.69) is 0 Å². The lowest BCUT2D eigenvalue weighted by Gasteiger charge is -2.22. The van der Waals surface area contributed by atoms with Crippen LogP contribution in [0.2, 0.25) is 0 Å². The van der Waals surface area contributed by atoms with Gasteiger partial charge in [0.15, 0.2) is 5.78 Å². The lowest BCUT2D eigenvalue weighted by molar-refractivity contribution is -0.387. The van der Waals surface area contributed by atoms with Gasteiger partial charge in [0.05, 0.1) is 16.9 Å². The van der Waals surface area contributed by atoms with Crippen LogP contribution in [0.15, 0.2) is 17.0 Å². The van der Waals surface area contributed by atoms with Gasteiger partial charge in [0.1, 0.15) is 10.6 Å². The number of thioether (sulfide) groups is 1. The summed E-state index contributed by atoms with van der Waals surface area (Å²) in [6.45, 7) is 0. The smallest absolute Gasteiger partial charge is 0.304 e. The number of nitro groups is 1. The van der Waals surface area contributed by atoms with E-state index in [1.807, 2.05) is 0 Å². The predicted molar refractivity (Wildman–Crippen MR) is 65.6 cm³/mol. The Morgan fingerprint density at radius 1 is 1.53 bits per heavy atom. The number of ketones is 1. The Balaban J connectivity index is 2.49. The number of Topliss-reactive ketones (excluding diaryl/α,β-unsaturated/α-hetero) is 1. The fourth-order valence-electron chi connectivity index (χ4n) is 1.92. The minimum atomic E-state index is -1.07. The highest BCUT2D eigenvalue weighted by molar-refractivity contribution is 8.00. The molecule has 0 saturated carbocycles. The number of carboxylic acids is 1. The zero-order chi connectivity index (χ0) is 14.2. The van der Waals surface area contributed by atoms with Crippen molar-refractivity contribution in [1.29, 1.82) is 0 Å². The van der Waals surface area contributed by atoms with Crippen molar-refractivity contribution in [2.24, 2.45) is 0 Å². The normalized spacial score (nSPS) is 17.9. The van der Waals surface area contributed by atoms with Gasteiger partial charge in [-0.2, -0.15) is 0 Å². The number of rotatable bonds is 3. The molecule has 0 bridgehead atoms. The number of carbonyl (C=O) groups is 2. The molecule has 8 heteroatoms. The first-order valence-corrected chi connectivity index (χ1v) is 6.20. The predicted octanol–water partition coefficient (Wildman–Crippen LogP) is 1.82. The van der Waals surface area contributed by atoms with E-state index in [1.54, 1.807) is 0 Å². The van der Waals surface area contributed by atoms with E-state index in [0.29, 0.717) is 0 Å². The maximum absolute atomic E-state index is 11.9. The van der Waals surface area contributed by atoms with Gasteiger partial charge < -0.3 is 10.2 Å². The Morgan fingerprint density at radius 3 is 2.79 bits per heavy atom. The second-order valence-corrected chi connectivity index (χ2v) is 5.34. The molecule has 1 unspecified atom stereocenters. The van der Waals surface area contributed by atoms with Crippen molar-refractivity contribution in [2.45, 2.75) is 23.0 Å². The lowest BCUT2D eigenvalue weighted by atomic mass is 10.0. The molecule has 2 N–H and O–H groups in total. The van der Waals surface area contributed by atoms with Gasteiger partial charge in [0.2, 0.25) is 0 Å². The minimum Gasteiger partial charge on any atom is -0.507 e. The average molecular weight is 283 g/mol. The quantitative estimate of drug-likeness (QED) is 0.641. The zero-order valence-corrected chi connectivity index (χ0v) is 10.3. The molecule has 0 aromatic heterocycles. The number of phenolic OH excluding ortho intramolecular Hbond substituents is 1. The first-order valence-electron chi connectivity index (χ1n) is 5.32. The van der Waals surface area contributed by atoms with Gasteiger partial charge in [-0.15, -0.1) is 11.8 Å². The van der Waals surface area contributed by atoms with Gasteiger partial charge in [-0.25, -0.2) is 0 Å². The molecule has 1 aromatic rings. The molecular formula is C11H9NO6S. The summed E-state index contributed by atoms with van der Waals surface area (Å²) in [5, 5.41) is 28.7. The van der Waals surface area contributed by atoms with Gasteiger partial charge in [0, 0.05) is 17.7 Å². The summed E-state index contributed by atoms with van der Waals surface area (Å²) in [5.41, 5.74) is -0.373. The highest BCUT2D eigenvalue weighted by Crippen LogP contribution is 2.45. The standard InChI is InChI=1S/C11H9NO6S/c13-7-2-1-6(12(17)18)11-10(7)8(14)3-5(19-11)4-9(15)16/h1-2,5,13H,3-4H2,(H,15,16). The molecule has 0 fully saturated rings. The first-order chi connectivity index (χ1) is 8.90.